The SMILES string of the molecule is CN=C(NCCc1nccn1Cc1ccccc1)NC1CCCCC1.I. The van der Waals surface area contributed by atoms with Crippen LogP contribution in [0.4, 0.5) is 0 Å². The van der Waals surface area contributed by atoms with E-state index >= 15 is 0 Å². The molecule has 0 bridgehead atoms. The maximum absolute atomic E-state index is 4.51. The zero-order chi connectivity index (χ0) is 17.3. The molecule has 0 radical (unpaired) electrons. The summed E-state index contributed by atoms with van der Waals surface area (Å²) >= 11 is 0. The second-order valence-electron chi connectivity index (χ2n) is 6.69. The Balaban J connectivity index is 0.00000243. The van der Waals surface area contributed by atoms with Crippen molar-refractivity contribution in [1.82, 2.24) is 20.2 Å². The fourth-order valence-corrected chi connectivity index (χ4v) is 3.42. The first-order chi connectivity index (χ1) is 12.3. The molecular weight excluding hydrogens is 437 g/mol. The molecule has 1 heterocycles. The van der Waals surface area contributed by atoms with Crippen molar-refractivity contribution in [2.24, 2.45) is 4.99 Å². The molecule has 1 aromatic heterocycles. The van der Waals surface area contributed by atoms with E-state index in [1.807, 2.05) is 19.3 Å². The summed E-state index contributed by atoms with van der Waals surface area (Å²) in [4.78, 5) is 8.87. The second-order valence-corrected chi connectivity index (χ2v) is 6.69. The number of hydrogen-bond acceptors (Lipinski definition) is 2. The highest BCUT2D eigenvalue weighted by atomic mass is 127. The number of halogens is 1. The second kappa shape index (κ2) is 11.2. The quantitative estimate of drug-likeness (QED) is 0.388. The number of nitrogens with one attached hydrogen (secondary N) is 2. The summed E-state index contributed by atoms with van der Waals surface area (Å²) in [5, 5.41) is 6.98. The molecule has 0 amide bonds. The molecule has 1 fully saturated rings. The molecule has 2 aromatic rings. The number of guanidine groups is 1. The maximum atomic E-state index is 4.51. The predicted octanol–water partition coefficient (Wildman–Crippen LogP) is 3.59. The van der Waals surface area contributed by atoms with E-state index in [1.165, 1.54) is 37.7 Å². The minimum atomic E-state index is 0. The molecule has 0 saturated heterocycles. The Morgan fingerprint density at radius 1 is 1.19 bits per heavy atom. The summed E-state index contributed by atoms with van der Waals surface area (Å²) < 4.78 is 2.22. The summed E-state index contributed by atoms with van der Waals surface area (Å²) in [6.45, 7) is 1.70. The number of hydrogen-bond donors (Lipinski definition) is 2. The molecule has 3 rings (SSSR count). The zero-order valence-electron chi connectivity index (χ0n) is 15.5. The number of aliphatic imine (C=N–C) groups is 1. The van der Waals surface area contributed by atoms with E-state index < -0.39 is 0 Å². The fraction of sp³-hybridized carbons (Fsp3) is 0.500. The van der Waals surface area contributed by atoms with Gasteiger partial charge in [-0.1, -0.05) is 49.6 Å². The van der Waals surface area contributed by atoms with Gasteiger partial charge >= 0.3 is 0 Å². The van der Waals surface area contributed by atoms with Crippen LogP contribution in [-0.2, 0) is 13.0 Å². The van der Waals surface area contributed by atoms with Crippen LogP contribution in [0.5, 0.6) is 0 Å². The van der Waals surface area contributed by atoms with E-state index in [-0.39, 0.29) is 24.0 Å². The third-order valence-corrected chi connectivity index (χ3v) is 4.81. The molecule has 6 heteroatoms. The van der Waals surface area contributed by atoms with Crippen molar-refractivity contribution in [3.8, 4) is 0 Å². The smallest absolute Gasteiger partial charge is 0.191 e. The summed E-state index contributed by atoms with van der Waals surface area (Å²) in [7, 11) is 1.84. The summed E-state index contributed by atoms with van der Waals surface area (Å²) in [6, 6.07) is 11.1. The van der Waals surface area contributed by atoms with Crippen molar-refractivity contribution in [2.45, 2.75) is 51.1 Å². The van der Waals surface area contributed by atoms with E-state index in [2.05, 4.69) is 55.6 Å². The van der Waals surface area contributed by atoms with E-state index in [9.17, 15) is 0 Å². The van der Waals surface area contributed by atoms with E-state index in [0.717, 1.165) is 31.3 Å². The maximum Gasteiger partial charge on any atom is 0.191 e. The molecular formula is C20H30IN5. The van der Waals surface area contributed by atoms with Gasteiger partial charge in [0.05, 0.1) is 0 Å². The van der Waals surface area contributed by atoms with Crippen LogP contribution in [0.2, 0.25) is 0 Å². The van der Waals surface area contributed by atoms with Crippen LogP contribution in [0.25, 0.3) is 0 Å². The lowest BCUT2D eigenvalue weighted by atomic mass is 9.96. The Kier molecular flexibility index (Phi) is 8.94. The van der Waals surface area contributed by atoms with Crippen molar-refractivity contribution < 1.29 is 0 Å². The summed E-state index contributed by atoms with van der Waals surface area (Å²) in [5.41, 5.74) is 1.30. The normalized spacial score (nSPS) is 15.3. The Morgan fingerprint density at radius 3 is 2.69 bits per heavy atom. The average molecular weight is 467 g/mol. The average Bonchev–Trinajstić information content (AvgIpc) is 3.09. The van der Waals surface area contributed by atoms with Gasteiger partial charge in [0.25, 0.3) is 0 Å². The Bertz CT molecular complexity index is 662. The molecule has 26 heavy (non-hydrogen) atoms. The highest BCUT2D eigenvalue weighted by Crippen LogP contribution is 2.17. The van der Waals surface area contributed by atoms with Gasteiger partial charge in [-0.25, -0.2) is 4.98 Å². The lowest BCUT2D eigenvalue weighted by molar-refractivity contribution is 0.410. The summed E-state index contributed by atoms with van der Waals surface area (Å²) in [6.07, 6.45) is 11.3. The fourth-order valence-electron chi connectivity index (χ4n) is 3.42. The van der Waals surface area contributed by atoms with Gasteiger partial charge < -0.3 is 15.2 Å². The van der Waals surface area contributed by atoms with Gasteiger partial charge in [-0.3, -0.25) is 4.99 Å². The zero-order valence-corrected chi connectivity index (χ0v) is 17.9. The third kappa shape index (κ3) is 6.30. The molecule has 1 aromatic carbocycles. The van der Waals surface area contributed by atoms with Gasteiger partial charge in [0.2, 0.25) is 0 Å². The molecule has 1 aliphatic carbocycles. The predicted molar refractivity (Wildman–Crippen MR) is 118 cm³/mol. The Labute approximate surface area is 173 Å². The first-order valence-electron chi connectivity index (χ1n) is 9.36. The first kappa shape index (κ1) is 20.7. The molecule has 1 aliphatic rings. The van der Waals surface area contributed by atoms with E-state index in [4.69, 9.17) is 0 Å². The molecule has 1 saturated carbocycles. The van der Waals surface area contributed by atoms with Crippen LogP contribution in [-0.4, -0.2) is 35.1 Å². The summed E-state index contributed by atoms with van der Waals surface area (Å²) in [5.74, 6) is 2.01. The van der Waals surface area contributed by atoms with Crippen LogP contribution in [0.3, 0.4) is 0 Å². The molecule has 0 atom stereocenters. The standard InChI is InChI=1S/C20H29N5.HI/c1-21-20(24-18-10-6-3-7-11-18)23-13-12-19-22-14-15-25(19)16-17-8-4-2-5-9-17;/h2,4-5,8-9,14-15,18H,3,6-7,10-13,16H2,1H3,(H2,21,23,24);1H. The topological polar surface area (TPSA) is 54.2 Å². The lowest BCUT2D eigenvalue weighted by Crippen LogP contribution is -2.44. The largest absolute Gasteiger partial charge is 0.356 e. The monoisotopic (exact) mass is 467 g/mol. The van der Waals surface area contributed by atoms with Crippen molar-refractivity contribution in [3.63, 3.8) is 0 Å². The minimum Gasteiger partial charge on any atom is -0.356 e. The van der Waals surface area contributed by atoms with Crippen LogP contribution in [0, 0.1) is 0 Å². The van der Waals surface area contributed by atoms with Crippen molar-refractivity contribution in [1.29, 1.82) is 0 Å². The van der Waals surface area contributed by atoms with Gasteiger partial charge in [-0.15, -0.1) is 24.0 Å². The highest BCUT2D eigenvalue weighted by molar-refractivity contribution is 14.0. The van der Waals surface area contributed by atoms with Gasteiger partial charge in [0.15, 0.2) is 5.96 Å². The van der Waals surface area contributed by atoms with Crippen molar-refractivity contribution in [2.75, 3.05) is 13.6 Å². The molecule has 142 valence electrons. The number of nitrogens with zero attached hydrogens (tertiary/aromatic N) is 3. The molecule has 0 unspecified atom stereocenters. The number of benzene rings is 1. The van der Waals surface area contributed by atoms with Crippen molar-refractivity contribution in [3.05, 3.63) is 54.1 Å². The molecule has 2 N–H and O–H groups in total. The third-order valence-electron chi connectivity index (χ3n) is 4.81. The van der Waals surface area contributed by atoms with Crippen LogP contribution in [0.1, 0.15) is 43.5 Å². The lowest BCUT2D eigenvalue weighted by Gasteiger charge is -2.24. The van der Waals surface area contributed by atoms with Gasteiger partial charge in [-0.05, 0) is 18.4 Å². The number of rotatable bonds is 6. The van der Waals surface area contributed by atoms with Gasteiger partial charge in [0.1, 0.15) is 5.82 Å². The van der Waals surface area contributed by atoms with Crippen molar-refractivity contribution >= 4 is 29.9 Å². The number of imidazole rings is 1. The van der Waals surface area contributed by atoms with Crippen LogP contribution >= 0.6 is 24.0 Å². The number of aromatic nitrogens is 2. The molecule has 0 aliphatic heterocycles. The van der Waals surface area contributed by atoms with E-state index in [1.54, 1.807) is 0 Å². The minimum absolute atomic E-state index is 0. The van der Waals surface area contributed by atoms with Crippen LogP contribution < -0.4 is 10.6 Å². The molecule has 0 spiro atoms. The Morgan fingerprint density at radius 2 is 1.96 bits per heavy atom. The first-order valence-corrected chi connectivity index (χ1v) is 9.36. The Hall–Kier alpha value is -1.57. The molecule has 5 nitrogen and oxygen atoms in total. The highest BCUT2D eigenvalue weighted by Gasteiger charge is 2.14. The van der Waals surface area contributed by atoms with Gasteiger partial charge in [0, 0.05) is 45.0 Å². The van der Waals surface area contributed by atoms with Crippen LogP contribution in [0.15, 0.2) is 47.7 Å². The van der Waals surface area contributed by atoms with E-state index in [0.29, 0.717) is 6.04 Å². The van der Waals surface area contributed by atoms with Gasteiger partial charge in [-0.2, -0.15) is 0 Å².